The van der Waals surface area contributed by atoms with Crippen LogP contribution >= 0.6 is 0 Å². The first-order valence-electron chi connectivity index (χ1n) is 7.55. The summed E-state index contributed by atoms with van der Waals surface area (Å²) in [5, 5.41) is 3.77. The van der Waals surface area contributed by atoms with Crippen molar-refractivity contribution in [2.45, 2.75) is 71.8 Å². The van der Waals surface area contributed by atoms with Crippen molar-refractivity contribution in [2.75, 3.05) is 6.54 Å². The molecule has 0 spiro atoms. The second-order valence-electron chi connectivity index (χ2n) is 5.90. The van der Waals surface area contributed by atoms with Gasteiger partial charge in [-0.15, -0.1) is 6.58 Å². The Bertz CT molecular complexity index is 222. The quantitative estimate of drug-likeness (QED) is 0.611. The molecule has 0 aromatic carbocycles. The minimum atomic E-state index is 0.739. The molecule has 0 bridgehead atoms. The molecule has 17 heavy (non-hydrogen) atoms. The van der Waals surface area contributed by atoms with Crippen molar-refractivity contribution in [3.05, 3.63) is 12.2 Å². The van der Waals surface area contributed by atoms with Crippen molar-refractivity contribution >= 4 is 0 Å². The van der Waals surface area contributed by atoms with E-state index in [0.29, 0.717) is 0 Å². The average Bonchev–Trinajstić information content (AvgIpc) is 2.77. The van der Waals surface area contributed by atoms with Gasteiger partial charge in [0.2, 0.25) is 0 Å². The van der Waals surface area contributed by atoms with Crippen LogP contribution in [0.2, 0.25) is 0 Å². The lowest BCUT2D eigenvalue weighted by atomic mass is 9.91. The standard InChI is InChI=1S/C16H31N/c1-5-11-17-16(10-7-13(3)4)15-9-8-14(6-2)12-15/h14-17H,3,5-12H2,1-2,4H3. The van der Waals surface area contributed by atoms with Gasteiger partial charge in [-0.3, -0.25) is 0 Å². The third kappa shape index (κ3) is 5.25. The van der Waals surface area contributed by atoms with E-state index in [0.717, 1.165) is 17.9 Å². The molecule has 1 N–H and O–H groups in total. The lowest BCUT2D eigenvalue weighted by molar-refractivity contribution is 0.329. The molecule has 1 saturated carbocycles. The molecule has 0 saturated heterocycles. The molecule has 1 heteroatoms. The van der Waals surface area contributed by atoms with E-state index < -0.39 is 0 Å². The Labute approximate surface area is 108 Å². The molecule has 3 unspecified atom stereocenters. The third-order valence-electron chi connectivity index (χ3n) is 4.27. The highest BCUT2D eigenvalue weighted by Gasteiger charge is 2.29. The van der Waals surface area contributed by atoms with Crippen LogP contribution in [0.25, 0.3) is 0 Å². The van der Waals surface area contributed by atoms with Gasteiger partial charge in [-0.2, -0.15) is 0 Å². The van der Waals surface area contributed by atoms with Gasteiger partial charge in [-0.25, -0.2) is 0 Å². The largest absolute Gasteiger partial charge is 0.314 e. The van der Waals surface area contributed by atoms with Crippen molar-refractivity contribution in [1.82, 2.24) is 5.32 Å². The molecule has 1 aliphatic carbocycles. The molecular weight excluding hydrogens is 206 g/mol. The molecular formula is C16H31N. The smallest absolute Gasteiger partial charge is 0.00984 e. The number of hydrogen-bond acceptors (Lipinski definition) is 1. The topological polar surface area (TPSA) is 12.0 Å². The fourth-order valence-electron chi connectivity index (χ4n) is 3.09. The molecule has 1 rings (SSSR count). The Morgan fingerprint density at radius 3 is 2.65 bits per heavy atom. The van der Waals surface area contributed by atoms with Crippen molar-refractivity contribution < 1.29 is 0 Å². The predicted molar refractivity (Wildman–Crippen MR) is 77.3 cm³/mol. The van der Waals surface area contributed by atoms with Crippen molar-refractivity contribution in [1.29, 1.82) is 0 Å². The van der Waals surface area contributed by atoms with Gasteiger partial charge in [0.1, 0.15) is 0 Å². The Morgan fingerprint density at radius 2 is 2.12 bits per heavy atom. The van der Waals surface area contributed by atoms with Crippen LogP contribution in [0.5, 0.6) is 0 Å². The van der Waals surface area contributed by atoms with Gasteiger partial charge in [0.15, 0.2) is 0 Å². The summed E-state index contributed by atoms with van der Waals surface area (Å²) in [4.78, 5) is 0. The monoisotopic (exact) mass is 237 g/mol. The number of rotatable bonds is 8. The summed E-state index contributed by atoms with van der Waals surface area (Å²) in [7, 11) is 0. The number of nitrogens with one attached hydrogen (secondary N) is 1. The van der Waals surface area contributed by atoms with Crippen molar-refractivity contribution in [2.24, 2.45) is 11.8 Å². The van der Waals surface area contributed by atoms with E-state index in [9.17, 15) is 0 Å². The molecule has 1 nitrogen and oxygen atoms in total. The van der Waals surface area contributed by atoms with Crippen molar-refractivity contribution in [3.63, 3.8) is 0 Å². The van der Waals surface area contributed by atoms with E-state index in [1.807, 2.05) is 0 Å². The average molecular weight is 237 g/mol. The zero-order valence-corrected chi connectivity index (χ0v) is 12.1. The number of hydrogen-bond donors (Lipinski definition) is 1. The summed E-state index contributed by atoms with van der Waals surface area (Å²) in [6, 6.07) is 0.739. The first-order chi connectivity index (χ1) is 8.17. The Balaban J connectivity index is 2.41. The molecule has 1 fully saturated rings. The summed E-state index contributed by atoms with van der Waals surface area (Å²) in [6.45, 7) is 12.0. The van der Waals surface area contributed by atoms with Gasteiger partial charge in [-0.05, 0) is 57.4 Å². The van der Waals surface area contributed by atoms with E-state index in [2.05, 4.69) is 32.7 Å². The molecule has 3 atom stereocenters. The van der Waals surface area contributed by atoms with Crippen LogP contribution in [0.4, 0.5) is 0 Å². The predicted octanol–water partition coefficient (Wildman–Crippen LogP) is 4.54. The molecule has 0 aliphatic heterocycles. The van der Waals surface area contributed by atoms with Crippen LogP contribution in [0.1, 0.15) is 65.7 Å². The van der Waals surface area contributed by atoms with E-state index in [-0.39, 0.29) is 0 Å². The first kappa shape index (κ1) is 14.8. The molecule has 0 radical (unpaired) electrons. The highest BCUT2D eigenvalue weighted by molar-refractivity contribution is 4.92. The first-order valence-corrected chi connectivity index (χ1v) is 7.55. The van der Waals surface area contributed by atoms with Crippen LogP contribution < -0.4 is 5.32 Å². The molecule has 1 aliphatic rings. The summed E-state index contributed by atoms with van der Waals surface area (Å²) >= 11 is 0. The zero-order chi connectivity index (χ0) is 12.7. The normalized spacial score (nSPS) is 26.1. The SMILES string of the molecule is C=C(C)CCC(NCCC)C1CCC(CC)C1. The summed E-state index contributed by atoms with van der Waals surface area (Å²) in [5.41, 5.74) is 1.33. The maximum absolute atomic E-state index is 4.04. The highest BCUT2D eigenvalue weighted by Crippen LogP contribution is 2.36. The fraction of sp³-hybridized carbons (Fsp3) is 0.875. The summed E-state index contributed by atoms with van der Waals surface area (Å²) in [5.74, 6) is 1.92. The maximum atomic E-state index is 4.04. The molecule has 0 aromatic rings. The van der Waals surface area contributed by atoms with Crippen molar-refractivity contribution in [3.8, 4) is 0 Å². The lowest BCUT2D eigenvalue weighted by Gasteiger charge is -2.25. The second kappa shape index (κ2) is 7.92. The zero-order valence-electron chi connectivity index (χ0n) is 12.1. The van der Waals surface area contributed by atoms with Crippen LogP contribution in [-0.4, -0.2) is 12.6 Å². The minimum absolute atomic E-state index is 0.739. The van der Waals surface area contributed by atoms with E-state index in [4.69, 9.17) is 0 Å². The third-order valence-corrected chi connectivity index (χ3v) is 4.27. The molecule has 100 valence electrons. The Morgan fingerprint density at radius 1 is 1.35 bits per heavy atom. The molecule has 0 amide bonds. The van der Waals surface area contributed by atoms with E-state index in [1.54, 1.807) is 0 Å². The minimum Gasteiger partial charge on any atom is -0.314 e. The van der Waals surface area contributed by atoms with E-state index >= 15 is 0 Å². The Kier molecular flexibility index (Phi) is 6.87. The van der Waals surface area contributed by atoms with E-state index in [1.165, 1.54) is 57.1 Å². The van der Waals surface area contributed by atoms with Gasteiger partial charge >= 0.3 is 0 Å². The summed E-state index contributed by atoms with van der Waals surface area (Å²) in [6.07, 6.45) is 9.44. The highest BCUT2D eigenvalue weighted by atomic mass is 14.9. The molecule has 0 aromatic heterocycles. The second-order valence-corrected chi connectivity index (χ2v) is 5.90. The van der Waals surface area contributed by atoms with Crippen LogP contribution in [0, 0.1) is 11.8 Å². The Hall–Kier alpha value is -0.300. The van der Waals surface area contributed by atoms with Gasteiger partial charge in [-0.1, -0.05) is 32.3 Å². The van der Waals surface area contributed by atoms with Crippen LogP contribution in [0.15, 0.2) is 12.2 Å². The van der Waals surface area contributed by atoms with Crippen LogP contribution in [-0.2, 0) is 0 Å². The van der Waals surface area contributed by atoms with Crippen LogP contribution in [0.3, 0.4) is 0 Å². The van der Waals surface area contributed by atoms with Gasteiger partial charge < -0.3 is 5.32 Å². The number of allylic oxidation sites excluding steroid dienone is 1. The summed E-state index contributed by atoms with van der Waals surface area (Å²) < 4.78 is 0. The molecule has 0 heterocycles. The maximum Gasteiger partial charge on any atom is 0.00984 e. The fourth-order valence-corrected chi connectivity index (χ4v) is 3.09. The van der Waals surface area contributed by atoms with Gasteiger partial charge in [0, 0.05) is 6.04 Å². The van der Waals surface area contributed by atoms with Gasteiger partial charge in [0.25, 0.3) is 0 Å². The lowest BCUT2D eigenvalue weighted by Crippen LogP contribution is -2.35. The van der Waals surface area contributed by atoms with Gasteiger partial charge in [0.05, 0.1) is 0 Å².